The minimum absolute atomic E-state index is 0.0612. The van der Waals surface area contributed by atoms with E-state index < -0.39 is 10.0 Å². The average Bonchev–Trinajstić information content (AvgIpc) is 3.42. The first-order valence-electron chi connectivity index (χ1n) is 11.4. The Hall–Kier alpha value is -1.75. The van der Waals surface area contributed by atoms with Crippen molar-refractivity contribution >= 4 is 27.3 Å². The van der Waals surface area contributed by atoms with E-state index in [1.54, 1.807) is 36.1 Å². The fourth-order valence-corrected chi connectivity index (χ4v) is 6.86. The molecule has 0 saturated carbocycles. The molecule has 2 aromatic heterocycles. The summed E-state index contributed by atoms with van der Waals surface area (Å²) in [5.74, 6) is 1.07. The number of hydrogen-bond donors (Lipinski definition) is 1. The second-order valence-electron chi connectivity index (χ2n) is 8.98. The van der Waals surface area contributed by atoms with Crippen molar-refractivity contribution < 1.29 is 13.2 Å². The maximum Gasteiger partial charge on any atom is 0.262 e. The quantitative estimate of drug-likeness (QED) is 0.658. The Labute approximate surface area is 194 Å². The molecule has 0 radical (unpaired) electrons. The summed E-state index contributed by atoms with van der Waals surface area (Å²) in [7, 11) is -1.82. The lowest BCUT2D eigenvalue weighted by Crippen LogP contribution is -2.45. The van der Waals surface area contributed by atoms with Crippen molar-refractivity contribution in [1.29, 1.82) is 0 Å². The molecule has 2 saturated heterocycles. The van der Waals surface area contributed by atoms with Gasteiger partial charge in [0.05, 0.1) is 0 Å². The first-order chi connectivity index (χ1) is 15.3. The van der Waals surface area contributed by atoms with Gasteiger partial charge in [-0.1, -0.05) is 6.07 Å². The van der Waals surface area contributed by atoms with Crippen LogP contribution >= 0.6 is 11.3 Å². The first kappa shape index (κ1) is 23.4. The number of aryl methyl sites for hydroxylation is 2. The molecule has 2 aliphatic heterocycles. The van der Waals surface area contributed by atoms with Gasteiger partial charge in [0.25, 0.3) is 10.0 Å². The molecule has 1 unspecified atom stereocenters. The van der Waals surface area contributed by atoms with Gasteiger partial charge in [-0.15, -0.1) is 11.3 Å². The Balaban J connectivity index is 1.23. The van der Waals surface area contributed by atoms with Crippen molar-refractivity contribution in [2.75, 3.05) is 32.7 Å². The van der Waals surface area contributed by atoms with Crippen molar-refractivity contribution in [3.63, 3.8) is 0 Å². The highest BCUT2D eigenvalue weighted by Gasteiger charge is 2.33. The standard InChI is InChI=1S/C22H33N5O3S2/c1-17-24-21(16-25(17)2)32(29,30)27-10-7-19(8-11-27)22(28)23-13-18-5-3-9-26(14-18)15-20-6-4-12-31-20/h4,6,12,16,18-19H,3,5,7-11,13-15H2,1-2H3,(H,23,28). The zero-order chi connectivity index (χ0) is 22.7. The topological polar surface area (TPSA) is 87.5 Å². The number of hydrogen-bond acceptors (Lipinski definition) is 6. The van der Waals surface area contributed by atoms with Crippen LogP contribution in [0.2, 0.25) is 0 Å². The fourth-order valence-electron chi connectivity index (χ4n) is 4.61. The van der Waals surface area contributed by atoms with Crippen molar-refractivity contribution in [1.82, 2.24) is 24.1 Å². The second-order valence-corrected chi connectivity index (χ2v) is 11.9. The van der Waals surface area contributed by atoms with E-state index in [0.717, 1.165) is 32.5 Å². The van der Waals surface area contributed by atoms with Gasteiger partial charge < -0.3 is 9.88 Å². The molecule has 4 rings (SSSR count). The molecular formula is C22H33N5O3S2. The van der Waals surface area contributed by atoms with Gasteiger partial charge in [0, 0.05) is 56.8 Å². The van der Waals surface area contributed by atoms with Crippen LogP contribution in [0.1, 0.15) is 36.4 Å². The van der Waals surface area contributed by atoms with Crippen LogP contribution in [0.4, 0.5) is 0 Å². The fraction of sp³-hybridized carbons (Fsp3) is 0.636. The SMILES string of the molecule is Cc1nc(S(=O)(=O)N2CCC(C(=O)NCC3CCCN(Cc4cccs4)C3)CC2)cn1C. The van der Waals surface area contributed by atoms with Crippen LogP contribution < -0.4 is 5.32 Å². The molecule has 2 fully saturated rings. The largest absolute Gasteiger partial charge is 0.356 e. The number of carbonyl (C=O) groups is 1. The molecule has 8 nitrogen and oxygen atoms in total. The zero-order valence-electron chi connectivity index (χ0n) is 18.9. The summed E-state index contributed by atoms with van der Waals surface area (Å²) >= 11 is 1.79. The van der Waals surface area contributed by atoms with E-state index in [1.165, 1.54) is 9.18 Å². The van der Waals surface area contributed by atoms with Crippen LogP contribution in [-0.2, 0) is 28.4 Å². The van der Waals surface area contributed by atoms with E-state index in [0.29, 0.717) is 44.2 Å². The lowest BCUT2D eigenvalue weighted by molar-refractivity contribution is -0.126. The molecule has 0 spiro atoms. The van der Waals surface area contributed by atoms with Crippen LogP contribution in [0.3, 0.4) is 0 Å². The third-order valence-corrected chi connectivity index (χ3v) is 9.27. The van der Waals surface area contributed by atoms with Gasteiger partial charge in [-0.25, -0.2) is 13.4 Å². The summed E-state index contributed by atoms with van der Waals surface area (Å²) in [6, 6.07) is 4.27. The molecule has 2 aromatic rings. The Morgan fingerprint density at radius 1 is 1.25 bits per heavy atom. The number of carbonyl (C=O) groups excluding carboxylic acids is 1. The van der Waals surface area contributed by atoms with Crippen molar-refractivity contribution in [3.05, 3.63) is 34.4 Å². The van der Waals surface area contributed by atoms with E-state index in [1.807, 2.05) is 0 Å². The van der Waals surface area contributed by atoms with E-state index in [4.69, 9.17) is 0 Å². The Morgan fingerprint density at radius 2 is 2.03 bits per heavy atom. The summed E-state index contributed by atoms with van der Waals surface area (Å²) in [5, 5.41) is 5.35. The van der Waals surface area contributed by atoms with Gasteiger partial charge in [-0.3, -0.25) is 9.69 Å². The van der Waals surface area contributed by atoms with Gasteiger partial charge in [0.1, 0.15) is 5.82 Å². The number of sulfonamides is 1. The van der Waals surface area contributed by atoms with Gasteiger partial charge in [-0.2, -0.15) is 4.31 Å². The van der Waals surface area contributed by atoms with Crippen LogP contribution in [0.15, 0.2) is 28.7 Å². The third kappa shape index (κ3) is 5.41. The smallest absolute Gasteiger partial charge is 0.262 e. The summed E-state index contributed by atoms with van der Waals surface area (Å²) in [6.07, 6.45) is 4.95. The minimum Gasteiger partial charge on any atom is -0.356 e. The molecule has 4 heterocycles. The lowest BCUT2D eigenvalue weighted by atomic mass is 9.95. The molecule has 2 aliphatic rings. The van der Waals surface area contributed by atoms with E-state index in [9.17, 15) is 13.2 Å². The number of nitrogens with one attached hydrogen (secondary N) is 1. The van der Waals surface area contributed by atoms with Crippen molar-refractivity contribution in [2.24, 2.45) is 18.9 Å². The number of aromatic nitrogens is 2. The van der Waals surface area contributed by atoms with Crippen molar-refractivity contribution in [2.45, 2.75) is 44.2 Å². The minimum atomic E-state index is -3.61. The lowest BCUT2D eigenvalue weighted by Gasteiger charge is -2.33. The van der Waals surface area contributed by atoms with Crippen LogP contribution in [0.5, 0.6) is 0 Å². The number of thiophene rings is 1. The normalized spacial score (nSPS) is 21.6. The van der Waals surface area contributed by atoms with Crippen LogP contribution in [0, 0.1) is 18.8 Å². The molecule has 1 amide bonds. The molecule has 0 bridgehead atoms. The highest BCUT2D eigenvalue weighted by molar-refractivity contribution is 7.89. The predicted molar refractivity (Wildman–Crippen MR) is 125 cm³/mol. The van der Waals surface area contributed by atoms with Gasteiger partial charge in [0.15, 0.2) is 5.03 Å². The second kappa shape index (κ2) is 10.0. The number of piperidine rings is 2. The maximum absolute atomic E-state index is 12.9. The number of nitrogens with zero attached hydrogens (tertiary/aromatic N) is 4. The summed E-state index contributed by atoms with van der Waals surface area (Å²) in [4.78, 5) is 20.8. The average molecular weight is 480 g/mol. The summed E-state index contributed by atoms with van der Waals surface area (Å²) in [6.45, 7) is 6.31. The number of amides is 1. The highest BCUT2D eigenvalue weighted by atomic mass is 32.2. The highest BCUT2D eigenvalue weighted by Crippen LogP contribution is 2.24. The van der Waals surface area contributed by atoms with Crippen molar-refractivity contribution in [3.8, 4) is 0 Å². The van der Waals surface area contributed by atoms with Gasteiger partial charge in [-0.05, 0) is 56.5 Å². The Kier molecular flexibility index (Phi) is 7.34. The van der Waals surface area contributed by atoms with E-state index >= 15 is 0 Å². The molecule has 1 N–H and O–H groups in total. The monoisotopic (exact) mass is 479 g/mol. The summed E-state index contributed by atoms with van der Waals surface area (Å²) < 4.78 is 28.9. The molecule has 32 heavy (non-hydrogen) atoms. The zero-order valence-corrected chi connectivity index (χ0v) is 20.5. The molecule has 1 atom stereocenters. The van der Waals surface area contributed by atoms with E-state index in [2.05, 4.69) is 32.7 Å². The number of imidazole rings is 1. The van der Waals surface area contributed by atoms with Crippen LogP contribution in [-0.4, -0.2) is 65.8 Å². The van der Waals surface area contributed by atoms with Gasteiger partial charge >= 0.3 is 0 Å². The third-order valence-electron chi connectivity index (χ3n) is 6.64. The molecule has 176 valence electrons. The molecule has 0 aliphatic carbocycles. The summed E-state index contributed by atoms with van der Waals surface area (Å²) in [5.41, 5.74) is 0. The number of rotatable bonds is 7. The molecular weight excluding hydrogens is 446 g/mol. The van der Waals surface area contributed by atoms with E-state index in [-0.39, 0.29) is 16.9 Å². The maximum atomic E-state index is 12.9. The number of likely N-dealkylation sites (tertiary alicyclic amines) is 1. The van der Waals surface area contributed by atoms with Gasteiger partial charge in [0.2, 0.25) is 5.91 Å². The Morgan fingerprint density at radius 3 is 2.69 bits per heavy atom. The Bertz CT molecular complexity index is 991. The molecule has 0 aromatic carbocycles. The first-order valence-corrected chi connectivity index (χ1v) is 13.7. The predicted octanol–water partition coefficient (Wildman–Crippen LogP) is 2.22. The molecule has 10 heteroatoms. The van der Waals surface area contributed by atoms with Crippen LogP contribution in [0.25, 0.3) is 0 Å².